The van der Waals surface area contributed by atoms with Crippen LogP contribution >= 0.6 is 0 Å². The van der Waals surface area contributed by atoms with Crippen LogP contribution in [-0.4, -0.2) is 38.4 Å². The Hall–Kier alpha value is -2.02. The van der Waals surface area contributed by atoms with Gasteiger partial charge >= 0.3 is 12.1 Å². The summed E-state index contributed by atoms with van der Waals surface area (Å²) in [6, 6.07) is 4.93. The molecule has 1 atom stereocenters. The fraction of sp³-hybridized carbons (Fsp3) is 0.550. The highest BCUT2D eigenvalue weighted by Gasteiger charge is 2.45. The highest BCUT2D eigenvalue weighted by Crippen LogP contribution is 2.28. The van der Waals surface area contributed by atoms with Gasteiger partial charge in [0.1, 0.15) is 5.75 Å². The van der Waals surface area contributed by atoms with Gasteiger partial charge < -0.3 is 9.47 Å². The third kappa shape index (κ3) is 5.99. The van der Waals surface area contributed by atoms with E-state index in [-0.39, 0.29) is 12.3 Å². The van der Waals surface area contributed by atoms with Crippen molar-refractivity contribution in [2.75, 3.05) is 25.2 Å². The van der Waals surface area contributed by atoms with Crippen molar-refractivity contribution in [1.29, 1.82) is 0 Å². The van der Waals surface area contributed by atoms with Crippen molar-refractivity contribution < 1.29 is 27.4 Å². The van der Waals surface area contributed by atoms with Gasteiger partial charge in [-0.25, -0.2) is 0 Å². The number of alkyl halides is 3. The Morgan fingerprint density at radius 2 is 1.89 bits per heavy atom. The molecule has 1 aliphatic carbocycles. The van der Waals surface area contributed by atoms with E-state index >= 15 is 0 Å². The smallest absolute Gasteiger partial charge is 0.471 e. The van der Waals surface area contributed by atoms with Crippen LogP contribution in [0, 0.1) is 5.92 Å². The van der Waals surface area contributed by atoms with Crippen LogP contribution in [0.5, 0.6) is 5.75 Å². The van der Waals surface area contributed by atoms with E-state index in [4.69, 9.17) is 9.47 Å². The summed E-state index contributed by atoms with van der Waals surface area (Å²) in [6.45, 7) is 4.06. The molecule has 0 unspecified atom stereocenters. The average molecular weight is 385 g/mol. The molecule has 1 amide bonds. The standard InChI is InChI=1S/C20H26F3NO3/c1-3-16(14-27-13-15-7-5-4-6-8-15)24(19(25)20(21,22)23)17-9-11-18(26-2)12-10-17/h3,9-12,15-16H,1,4-8,13-14H2,2H3/t16-/m0/s1. The first-order chi connectivity index (χ1) is 12.9. The lowest BCUT2D eigenvalue weighted by Gasteiger charge is -2.31. The molecular formula is C20H26F3NO3. The van der Waals surface area contributed by atoms with Gasteiger partial charge in [-0.05, 0) is 43.0 Å². The van der Waals surface area contributed by atoms with Crippen LogP contribution in [0.25, 0.3) is 0 Å². The number of carbonyl (C=O) groups is 1. The van der Waals surface area contributed by atoms with Crippen LogP contribution in [0.15, 0.2) is 36.9 Å². The first-order valence-electron chi connectivity index (χ1n) is 9.11. The molecule has 1 aromatic carbocycles. The van der Waals surface area contributed by atoms with E-state index in [1.54, 1.807) is 0 Å². The number of nitrogens with zero attached hydrogens (tertiary/aromatic N) is 1. The van der Waals surface area contributed by atoms with Gasteiger partial charge in [-0.15, -0.1) is 6.58 Å². The minimum atomic E-state index is -5.00. The maximum absolute atomic E-state index is 13.1. The molecule has 27 heavy (non-hydrogen) atoms. The zero-order valence-electron chi connectivity index (χ0n) is 15.5. The molecule has 0 radical (unpaired) electrons. The molecular weight excluding hydrogens is 359 g/mol. The molecule has 0 saturated heterocycles. The van der Waals surface area contributed by atoms with Crippen molar-refractivity contribution in [2.45, 2.75) is 44.3 Å². The molecule has 1 saturated carbocycles. The molecule has 1 aliphatic rings. The summed E-state index contributed by atoms with van der Waals surface area (Å²) in [5, 5.41) is 0. The minimum absolute atomic E-state index is 0.0339. The Kier molecular flexibility index (Phi) is 7.71. The second-order valence-corrected chi connectivity index (χ2v) is 6.72. The Balaban J connectivity index is 2.13. The van der Waals surface area contributed by atoms with Crippen molar-refractivity contribution >= 4 is 11.6 Å². The van der Waals surface area contributed by atoms with Crippen molar-refractivity contribution in [2.24, 2.45) is 5.92 Å². The van der Waals surface area contributed by atoms with Crippen LogP contribution < -0.4 is 9.64 Å². The van der Waals surface area contributed by atoms with Gasteiger partial charge in [0, 0.05) is 12.3 Å². The summed E-state index contributed by atoms with van der Waals surface area (Å²) in [6.07, 6.45) is 1.99. The summed E-state index contributed by atoms with van der Waals surface area (Å²) >= 11 is 0. The highest BCUT2D eigenvalue weighted by molar-refractivity contribution is 5.98. The lowest BCUT2D eigenvalue weighted by Crippen LogP contribution is -2.48. The third-order valence-electron chi connectivity index (χ3n) is 4.78. The molecule has 0 N–H and O–H groups in total. The number of hydrogen-bond acceptors (Lipinski definition) is 3. The third-order valence-corrected chi connectivity index (χ3v) is 4.78. The number of carbonyl (C=O) groups excluding carboxylic acids is 1. The fourth-order valence-electron chi connectivity index (χ4n) is 3.30. The van der Waals surface area contributed by atoms with Gasteiger partial charge in [-0.2, -0.15) is 13.2 Å². The molecule has 150 valence electrons. The van der Waals surface area contributed by atoms with Gasteiger partial charge in [0.2, 0.25) is 0 Å². The monoisotopic (exact) mass is 385 g/mol. The average Bonchev–Trinajstić information content (AvgIpc) is 2.67. The lowest BCUT2D eigenvalue weighted by molar-refractivity contribution is -0.171. The predicted octanol–water partition coefficient (Wildman–Crippen LogP) is 4.74. The first kappa shape index (κ1) is 21.3. The Bertz CT molecular complexity index is 610. The van der Waals surface area contributed by atoms with Gasteiger partial charge in [0.05, 0.1) is 19.8 Å². The summed E-state index contributed by atoms with van der Waals surface area (Å²) in [4.78, 5) is 12.7. The maximum Gasteiger partial charge on any atom is 0.471 e. The van der Waals surface area contributed by atoms with E-state index in [0.717, 1.165) is 25.7 Å². The Labute approximate surface area is 157 Å². The number of hydrogen-bond donors (Lipinski definition) is 0. The van der Waals surface area contributed by atoms with E-state index in [1.807, 2.05) is 0 Å². The van der Waals surface area contributed by atoms with E-state index in [2.05, 4.69) is 6.58 Å². The van der Waals surface area contributed by atoms with Gasteiger partial charge in [0.25, 0.3) is 0 Å². The van der Waals surface area contributed by atoms with E-state index in [0.29, 0.717) is 23.2 Å². The predicted molar refractivity (Wildman–Crippen MR) is 97.9 cm³/mol. The summed E-state index contributed by atoms with van der Waals surface area (Å²) in [5.41, 5.74) is 0.115. The van der Waals surface area contributed by atoms with Crippen molar-refractivity contribution in [3.05, 3.63) is 36.9 Å². The fourth-order valence-corrected chi connectivity index (χ4v) is 3.30. The molecule has 0 spiro atoms. The molecule has 0 aromatic heterocycles. The lowest BCUT2D eigenvalue weighted by atomic mass is 9.90. The number of benzene rings is 1. The van der Waals surface area contributed by atoms with E-state index in [9.17, 15) is 18.0 Å². The molecule has 1 aromatic rings. The normalized spacial score (nSPS) is 16.6. The first-order valence-corrected chi connectivity index (χ1v) is 9.11. The summed E-state index contributed by atoms with van der Waals surface area (Å²) < 4.78 is 50.2. The number of anilines is 1. The summed E-state index contributed by atoms with van der Waals surface area (Å²) in [7, 11) is 1.46. The van der Waals surface area contributed by atoms with Crippen LogP contribution in [0.1, 0.15) is 32.1 Å². The molecule has 0 bridgehead atoms. The van der Waals surface area contributed by atoms with Crippen LogP contribution in [0.3, 0.4) is 0 Å². The van der Waals surface area contributed by atoms with Gasteiger partial charge in [-0.1, -0.05) is 25.3 Å². The Morgan fingerprint density at radius 1 is 1.26 bits per heavy atom. The van der Waals surface area contributed by atoms with E-state index < -0.39 is 18.1 Å². The quantitative estimate of drug-likeness (QED) is 0.607. The topological polar surface area (TPSA) is 38.8 Å². The van der Waals surface area contributed by atoms with E-state index in [1.165, 1.54) is 43.9 Å². The minimum Gasteiger partial charge on any atom is -0.497 e. The van der Waals surface area contributed by atoms with Crippen LogP contribution in [-0.2, 0) is 9.53 Å². The van der Waals surface area contributed by atoms with Crippen LogP contribution in [0.2, 0.25) is 0 Å². The number of halogens is 3. The second kappa shape index (κ2) is 9.78. The maximum atomic E-state index is 13.1. The van der Waals surface area contributed by atoms with Gasteiger partial charge in [-0.3, -0.25) is 9.69 Å². The number of methoxy groups -OCH3 is 1. The van der Waals surface area contributed by atoms with Crippen molar-refractivity contribution in [3.8, 4) is 5.75 Å². The zero-order valence-corrected chi connectivity index (χ0v) is 15.5. The van der Waals surface area contributed by atoms with Crippen molar-refractivity contribution in [3.63, 3.8) is 0 Å². The number of rotatable bonds is 8. The number of amides is 1. The second-order valence-electron chi connectivity index (χ2n) is 6.72. The molecule has 1 fully saturated rings. The SMILES string of the molecule is C=C[C@@H](COCC1CCCCC1)N(C(=O)C(F)(F)F)c1ccc(OC)cc1. The molecule has 0 aliphatic heterocycles. The molecule has 2 rings (SSSR count). The highest BCUT2D eigenvalue weighted by atomic mass is 19.4. The van der Waals surface area contributed by atoms with Gasteiger partial charge in [0.15, 0.2) is 0 Å². The summed E-state index contributed by atoms with van der Waals surface area (Å²) in [5.74, 6) is -1.03. The zero-order chi connectivity index (χ0) is 19.9. The van der Waals surface area contributed by atoms with Crippen molar-refractivity contribution in [1.82, 2.24) is 0 Å². The molecule has 7 heteroatoms. The Morgan fingerprint density at radius 3 is 2.41 bits per heavy atom. The largest absolute Gasteiger partial charge is 0.497 e. The number of ether oxygens (including phenoxy) is 2. The van der Waals surface area contributed by atoms with Crippen LogP contribution in [0.4, 0.5) is 18.9 Å². The molecule has 0 heterocycles. The molecule has 4 nitrogen and oxygen atoms in total.